The first-order valence-electron chi connectivity index (χ1n) is 9.46. The molecule has 1 aliphatic heterocycles. The molecule has 0 spiro atoms. The molecule has 0 saturated heterocycles. The molecule has 2 aliphatic rings. The average Bonchev–Trinajstić information content (AvgIpc) is 3.01. The van der Waals surface area contributed by atoms with Gasteiger partial charge < -0.3 is 4.74 Å². The summed E-state index contributed by atoms with van der Waals surface area (Å²) in [5, 5.41) is 0.612. The highest BCUT2D eigenvalue weighted by atomic mass is 35.5. The Morgan fingerprint density at radius 3 is 2.81 bits per heavy atom. The fraction of sp³-hybridized carbons (Fsp3) is 0.632. The van der Waals surface area contributed by atoms with Crippen molar-refractivity contribution in [2.75, 3.05) is 11.3 Å². The molecule has 0 bridgehead atoms. The minimum Gasteiger partial charge on any atom is -0.370 e. The zero-order valence-corrected chi connectivity index (χ0v) is 17.2. The molecular weight excluding hydrogens is 386 g/mol. The van der Waals surface area contributed by atoms with Gasteiger partial charge in [-0.1, -0.05) is 19.3 Å². The number of nitrogens with zero attached hydrogens (tertiary/aromatic N) is 2. The van der Waals surface area contributed by atoms with E-state index in [-0.39, 0.29) is 23.0 Å². The van der Waals surface area contributed by atoms with Crippen LogP contribution in [0.5, 0.6) is 0 Å². The van der Waals surface area contributed by atoms with Gasteiger partial charge in [0.1, 0.15) is 16.5 Å². The Hall–Kier alpha value is -1.44. The van der Waals surface area contributed by atoms with Gasteiger partial charge >= 0.3 is 0 Å². The second kappa shape index (κ2) is 7.18. The van der Waals surface area contributed by atoms with Gasteiger partial charge in [-0.3, -0.25) is 15.0 Å². The summed E-state index contributed by atoms with van der Waals surface area (Å²) < 4.78 is 7.27. The van der Waals surface area contributed by atoms with Crippen LogP contribution in [0.3, 0.4) is 0 Å². The largest absolute Gasteiger partial charge is 0.370 e. The van der Waals surface area contributed by atoms with Gasteiger partial charge in [0, 0.05) is 17.2 Å². The molecule has 4 rings (SSSR count). The molecule has 1 fully saturated rings. The van der Waals surface area contributed by atoms with E-state index >= 15 is 0 Å². The third-order valence-corrected chi connectivity index (χ3v) is 6.80. The molecular formula is C19H24ClN3O3S. The Morgan fingerprint density at radius 1 is 1.37 bits per heavy atom. The number of carbonyl (C=O) groups excluding carboxylic acids is 1. The number of hydrogen-bond donors (Lipinski definition) is 1. The van der Waals surface area contributed by atoms with Crippen molar-refractivity contribution in [2.45, 2.75) is 70.5 Å². The van der Waals surface area contributed by atoms with Crippen LogP contribution in [0, 0.1) is 0 Å². The van der Waals surface area contributed by atoms with Gasteiger partial charge in [-0.2, -0.15) is 0 Å². The van der Waals surface area contributed by atoms with Crippen LogP contribution in [0.25, 0.3) is 10.2 Å². The van der Waals surface area contributed by atoms with E-state index in [2.05, 4.69) is 5.43 Å². The van der Waals surface area contributed by atoms with E-state index in [1.165, 1.54) is 22.4 Å². The number of thiophene rings is 1. The molecule has 2 aromatic heterocycles. The molecule has 3 heterocycles. The van der Waals surface area contributed by atoms with Gasteiger partial charge in [0.05, 0.1) is 17.6 Å². The lowest BCUT2D eigenvalue weighted by Gasteiger charge is -2.30. The van der Waals surface area contributed by atoms with Crippen LogP contribution in [0.1, 0.15) is 68.1 Å². The van der Waals surface area contributed by atoms with E-state index in [0.717, 1.165) is 41.0 Å². The van der Waals surface area contributed by atoms with Gasteiger partial charge in [0.2, 0.25) is 0 Å². The van der Waals surface area contributed by atoms with Gasteiger partial charge in [-0.05, 0) is 32.3 Å². The van der Waals surface area contributed by atoms with Crippen LogP contribution >= 0.6 is 22.9 Å². The zero-order valence-electron chi connectivity index (χ0n) is 15.6. The average molecular weight is 410 g/mol. The predicted molar refractivity (Wildman–Crippen MR) is 107 cm³/mol. The van der Waals surface area contributed by atoms with Crippen molar-refractivity contribution in [2.24, 2.45) is 0 Å². The first-order valence-corrected chi connectivity index (χ1v) is 10.8. The first kappa shape index (κ1) is 18.9. The number of alkyl halides is 1. The van der Waals surface area contributed by atoms with Crippen LogP contribution in [0.2, 0.25) is 0 Å². The zero-order chi connectivity index (χ0) is 19.2. The summed E-state index contributed by atoms with van der Waals surface area (Å²) in [6.07, 6.45) is 6.06. The minimum atomic E-state index is -0.398. The Bertz CT molecular complexity index is 944. The number of nitrogens with one attached hydrogen (secondary N) is 1. The van der Waals surface area contributed by atoms with E-state index in [1.54, 1.807) is 0 Å². The van der Waals surface area contributed by atoms with Gasteiger partial charge in [-0.15, -0.1) is 22.9 Å². The molecule has 27 heavy (non-hydrogen) atoms. The van der Waals surface area contributed by atoms with Crippen molar-refractivity contribution >= 4 is 39.1 Å². The molecule has 1 N–H and O–H groups in total. The molecule has 1 amide bonds. The molecule has 1 saturated carbocycles. The van der Waals surface area contributed by atoms with Crippen LogP contribution in [0.15, 0.2) is 4.79 Å². The number of hydrogen-bond acceptors (Lipinski definition) is 5. The fourth-order valence-electron chi connectivity index (χ4n) is 4.11. The van der Waals surface area contributed by atoms with Crippen LogP contribution in [-0.4, -0.2) is 27.0 Å². The summed E-state index contributed by atoms with van der Waals surface area (Å²) >= 11 is 7.22. The van der Waals surface area contributed by atoms with Crippen LogP contribution in [0.4, 0.5) is 0 Å². The van der Waals surface area contributed by atoms with Crippen molar-refractivity contribution in [1.29, 1.82) is 0 Å². The number of halogens is 1. The summed E-state index contributed by atoms with van der Waals surface area (Å²) in [6, 6.07) is 0. The fourth-order valence-corrected chi connectivity index (χ4v) is 5.27. The molecule has 146 valence electrons. The SMILES string of the molecule is CC1(C)Cc2c(sc3nc(C4CCCCC4)n(NC(=O)CCl)c(=O)c23)CO1. The van der Waals surface area contributed by atoms with Crippen molar-refractivity contribution < 1.29 is 9.53 Å². The summed E-state index contributed by atoms with van der Waals surface area (Å²) in [4.78, 5) is 32.1. The van der Waals surface area contributed by atoms with Crippen molar-refractivity contribution in [3.63, 3.8) is 0 Å². The van der Waals surface area contributed by atoms with Crippen LogP contribution < -0.4 is 11.0 Å². The highest BCUT2D eigenvalue weighted by Gasteiger charge is 2.32. The van der Waals surface area contributed by atoms with Crippen molar-refractivity contribution in [3.05, 3.63) is 26.6 Å². The maximum absolute atomic E-state index is 13.4. The van der Waals surface area contributed by atoms with E-state index in [4.69, 9.17) is 21.3 Å². The number of ether oxygens (including phenoxy) is 1. The lowest BCUT2D eigenvalue weighted by atomic mass is 9.88. The van der Waals surface area contributed by atoms with Gasteiger partial charge in [-0.25, -0.2) is 9.66 Å². The lowest BCUT2D eigenvalue weighted by molar-refractivity contribution is -0.114. The Labute approximate surface area is 166 Å². The molecule has 0 unspecified atom stereocenters. The summed E-state index contributed by atoms with van der Waals surface area (Å²) in [7, 11) is 0. The van der Waals surface area contributed by atoms with E-state index in [0.29, 0.717) is 24.2 Å². The van der Waals surface area contributed by atoms with E-state index in [9.17, 15) is 9.59 Å². The Kier molecular flexibility index (Phi) is 5.03. The standard InChI is InChI=1S/C19H24ClN3O3S/c1-19(2)8-12-13(10-26-19)27-17-15(12)18(25)23(22-14(24)9-20)16(21-17)11-6-4-3-5-7-11/h11H,3-10H2,1-2H3,(H,22,24). The Morgan fingerprint density at radius 2 is 2.11 bits per heavy atom. The number of carbonyl (C=O) groups is 1. The molecule has 0 radical (unpaired) electrons. The highest BCUT2D eigenvalue weighted by Crippen LogP contribution is 2.38. The molecule has 6 nitrogen and oxygen atoms in total. The minimum absolute atomic E-state index is 0.179. The normalized spacial score (nSPS) is 19.8. The first-order chi connectivity index (χ1) is 12.9. The maximum atomic E-state index is 13.4. The quantitative estimate of drug-likeness (QED) is 0.785. The van der Waals surface area contributed by atoms with E-state index in [1.807, 2.05) is 13.8 Å². The summed E-state index contributed by atoms with van der Waals surface area (Å²) in [5.74, 6) is 0.240. The predicted octanol–water partition coefficient (Wildman–Crippen LogP) is 3.67. The number of aromatic nitrogens is 2. The van der Waals surface area contributed by atoms with E-state index < -0.39 is 5.91 Å². The smallest absolute Gasteiger partial charge is 0.281 e. The lowest BCUT2D eigenvalue weighted by Crippen LogP contribution is -2.38. The number of amides is 1. The topological polar surface area (TPSA) is 73.2 Å². The maximum Gasteiger partial charge on any atom is 0.281 e. The van der Waals surface area contributed by atoms with Gasteiger partial charge in [0.15, 0.2) is 0 Å². The van der Waals surface area contributed by atoms with Crippen molar-refractivity contribution in [1.82, 2.24) is 9.66 Å². The second-order valence-corrected chi connectivity index (χ2v) is 9.37. The summed E-state index contributed by atoms with van der Waals surface area (Å²) in [5.41, 5.74) is 3.17. The third kappa shape index (κ3) is 3.52. The van der Waals surface area contributed by atoms with Crippen LogP contribution in [-0.2, 0) is 22.6 Å². The second-order valence-electron chi connectivity index (χ2n) is 8.02. The molecule has 0 aromatic carbocycles. The molecule has 0 atom stereocenters. The molecule has 1 aliphatic carbocycles. The number of fused-ring (bicyclic) bond motifs is 3. The highest BCUT2D eigenvalue weighted by molar-refractivity contribution is 7.18. The summed E-state index contributed by atoms with van der Waals surface area (Å²) in [6.45, 7) is 4.55. The number of rotatable bonds is 3. The third-order valence-electron chi connectivity index (χ3n) is 5.46. The molecule has 2 aromatic rings. The van der Waals surface area contributed by atoms with Crippen molar-refractivity contribution in [3.8, 4) is 0 Å². The molecule has 8 heteroatoms. The van der Waals surface area contributed by atoms with Gasteiger partial charge in [0.25, 0.3) is 11.5 Å². The monoisotopic (exact) mass is 409 g/mol. The Balaban J connectivity index is 1.90.